The molecule has 0 spiro atoms. The summed E-state index contributed by atoms with van der Waals surface area (Å²) in [4.78, 5) is 0. The van der Waals surface area contributed by atoms with Gasteiger partial charge in [-0.1, -0.05) is 17.7 Å². The number of hydrogen-bond donors (Lipinski definition) is 1. The lowest BCUT2D eigenvalue weighted by molar-refractivity contribution is 0.0256. The standard InChI is InChI=1S/C10H11ClFNO/c11-7-2-1-3-8(12)10(7)9-6-13-4-5-14-9/h1-3,9,13H,4-6H2/t9-/m0/s1. The molecule has 0 aromatic heterocycles. The van der Waals surface area contributed by atoms with E-state index in [1.807, 2.05) is 0 Å². The maximum Gasteiger partial charge on any atom is 0.130 e. The van der Waals surface area contributed by atoms with Crippen LogP contribution in [0.25, 0.3) is 0 Å². The third kappa shape index (κ3) is 1.90. The lowest BCUT2D eigenvalue weighted by atomic mass is 10.1. The van der Waals surface area contributed by atoms with Crippen molar-refractivity contribution >= 4 is 11.6 Å². The number of ether oxygens (including phenoxy) is 1. The van der Waals surface area contributed by atoms with E-state index < -0.39 is 0 Å². The van der Waals surface area contributed by atoms with Crippen molar-refractivity contribution in [2.45, 2.75) is 6.10 Å². The zero-order valence-corrected chi connectivity index (χ0v) is 8.35. The Hall–Kier alpha value is -0.640. The molecule has 2 rings (SSSR count). The summed E-state index contributed by atoms with van der Waals surface area (Å²) in [6, 6.07) is 4.68. The molecule has 0 bridgehead atoms. The Morgan fingerprint density at radius 2 is 2.36 bits per heavy atom. The molecule has 0 aliphatic carbocycles. The summed E-state index contributed by atoms with van der Waals surface area (Å²) < 4.78 is 18.9. The summed E-state index contributed by atoms with van der Waals surface area (Å²) in [5.41, 5.74) is 0.460. The van der Waals surface area contributed by atoms with Gasteiger partial charge in [0, 0.05) is 23.7 Å². The van der Waals surface area contributed by atoms with Gasteiger partial charge in [-0.15, -0.1) is 0 Å². The summed E-state index contributed by atoms with van der Waals surface area (Å²) >= 11 is 5.92. The quantitative estimate of drug-likeness (QED) is 0.775. The molecule has 0 amide bonds. The number of morpholine rings is 1. The highest BCUT2D eigenvalue weighted by Gasteiger charge is 2.21. The van der Waals surface area contributed by atoms with Crippen LogP contribution in [0.15, 0.2) is 18.2 Å². The van der Waals surface area contributed by atoms with Gasteiger partial charge in [-0.25, -0.2) is 4.39 Å². The van der Waals surface area contributed by atoms with Gasteiger partial charge in [-0.3, -0.25) is 0 Å². The van der Waals surface area contributed by atoms with E-state index in [-0.39, 0.29) is 11.9 Å². The Morgan fingerprint density at radius 3 is 3.00 bits per heavy atom. The number of hydrogen-bond acceptors (Lipinski definition) is 2. The average Bonchev–Trinajstić information content (AvgIpc) is 2.19. The molecule has 1 heterocycles. The highest BCUT2D eigenvalue weighted by atomic mass is 35.5. The van der Waals surface area contributed by atoms with Crippen molar-refractivity contribution in [2.24, 2.45) is 0 Å². The van der Waals surface area contributed by atoms with E-state index in [4.69, 9.17) is 16.3 Å². The summed E-state index contributed by atoms with van der Waals surface area (Å²) in [5, 5.41) is 3.57. The fraction of sp³-hybridized carbons (Fsp3) is 0.400. The SMILES string of the molecule is Fc1cccc(Cl)c1[C@@H]1CNCCO1. The van der Waals surface area contributed by atoms with Crippen molar-refractivity contribution < 1.29 is 9.13 Å². The van der Waals surface area contributed by atoms with Crippen molar-refractivity contribution in [3.63, 3.8) is 0 Å². The van der Waals surface area contributed by atoms with Crippen molar-refractivity contribution in [3.05, 3.63) is 34.6 Å². The van der Waals surface area contributed by atoms with Gasteiger partial charge < -0.3 is 10.1 Å². The molecule has 1 saturated heterocycles. The second-order valence-electron chi connectivity index (χ2n) is 3.20. The minimum atomic E-state index is -0.300. The third-order valence-corrected chi connectivity index (χ3v) is 2.58. The first-order valence-electron chi connectivity index (χ1n) is 4.55. The molecule has 76 valence electrons. The molecule has 4 heteroatoms. The summed E-state index contributed by atoms with van der Waals surface area (Å²) in [7, 11) is 0. The van der Waals surface area contributed by atoms with E-state index in [1.54, 1.807) is 12.1 Å². The Labute approximate surface area is 87.0 Å². The van der Waals surface area contributed by atoms with Gasteiger partial charge in [0.25, 0.3) is 0 Å². The first-order valence-corrected chi connectivity index (χ1v) is 4.93. The van der Waals surface area contributed by atoms with Crippen LogP contribution in [0.3, 0.4) is 0 Å². The first-order chi connectivity index (χ1) is 6.79. The average molecular weight is 216 g/mol. The third-order valence-electron chi connectivity index (χ3n) is 2.25. The molecule has 0 radical (unpaired) electrons. The predicted octanol–water partition coefficient (Wildman–Crippen LogP) is 2.14. The topological polar surface area (TPSA) is 21.3 Å². The molecule has 1 aliphatic rings. The van der Waals surface area contributed by atoms with Crippen LogP contribution >= 0.6 is 11.6 Å². The minimum Gasteiger partial charge on any atom is -0.371 e. The number of rotatable bonds is 1. The van der Waals surface area contributed by atoms with E-state index in [1.165, 1.54) is 6.07 Å². The van der Waals surface area contributed by atoms with Crippen molar-refractivity contribution in [1.82, 2.24) is 5.32 Å². The van der Waals surface area contributed by atoms with Gasteiger partial charge in [0.05, 0.1) is 12.7 Å². The Bertz CT molecular complexity index is 306. The lowest BCUT2D eigenvalue weighted by Gasteiger charge is -2.24. The van der Waals surface area contributed by atoms with Crippen LogP contribution in [-0.4, -0.2) is 19.7 Å². The van der Waals surface area contributed by atoms with Gasteiger partial charge in [0.2, 0.25) is 0 Å². The Kier molecular flexibility index (Phi) is 3.01. The molecule has 1 atom stereocenters. The highest BCUT2D eigenvalue weighted by Crippen LogP contribution is 2.28. The van der Waals surface area contributed by atoms with Gasteiger partial charge in [0.1, 0.15) is 5.82 Å². The Morgan fingerprint density at radius 1 is 1.50 bits per heavy atom. The molecule has 1 N–H and O–H groups in total. The molecule has 1 aromatic carbocycles. The van der Waals surface area contributed by atoms with Crippen molar-refractivity contribution in [2.75, 3.05) is 19.7 Å². The summed E-state index contributed by atoms with van der Waals surface area (Å²) in [6.45, 7) is 2.01. The molecular weight excluding hydrogens is 205 g/mol. The molecule has 1 fully saturated rings. The number of benzene rings is 1. The van der Waals surface area contributed by atoms with Gasteiger partial charge in [-0.2, -0.15) is 0 Å². The van der Waals surface area contributed by atoms with Crippen molar-refractivity contribution in [3.8, 4) is 0 Å². The van der Waals surface area contributed by atoms with E-state index in [0.29, 0.717) is 23.7 Å². The van der Waals surface area contributed by atoms with Crippen LogP contribution in [0.4, 0.5) is 4.39 Å². The predicted molar refractivity (Wildman–Crippen MR) is 53.0 cm³/mol. The monoisotopic (exact) mass is 215 g/mol. The van der Waals surface area contributed by atoms with Gasteiger partial charge in [-0.05, 0) is 12.1 Å². The van der Waals surface area contributed by atoms with E-state index in [0.717, 1.165) is 6.54 Å². The zero-order valence-electron chi connectivity index (χ0n) is 7.59. The Balaban J connectivity index is 2.29. The summed E-state index contributed by atoms with van der Waals surface area (Å²) in [6.07, 6.45) is -0.266. The first kappa shape index (κ1) is 9.90. The molecule has 14 heavy (non-hydrogen) atoms. The number of nitrogens with one attached hydrogen (secondary N) is 1. The van der Waals surface area contributed by atoms with Crippen LogP contribution < -0.4 is 5.32 Å². The molecule has 0 saturated carbocycles. The molecular formula is C10H11ClFNO. The maximum absolute atomic E-state index is 13.4. The van der Waals surface area contributed by atoms with Crippen LogP contribution in [0.2, 0.25) is 5.02 Å². The van der Waals surface area contributed by atoms with E-state index in [2.05, 4.69) is 5.32 Å². The second-order valence-corrected chi connectivity index (χ2v) is 3.61. The largest absolute Gasteiger partial charge is 0.371 e. The summed E-state index contributed by atoms with van der Waals surface area (Å²) in [5.74, 6) is -0.300. The fourth-order valence-corrected chi connectivity index (χ4v) is 1.85. The smallest absolute Gasteiger partial charge is 0.130 e. The lowest BCUT2D eigenvalue weighted by Crippen LogP contribution is -2.33. The van der Waals surface area contributed by atoms with Crippen LogP contribution in [0.1, 0.15) is 11.7 Å². The number of halogens is 2. The van der Waals surface area contributed by atoms with E-state index in [9.17, 15) is 4.39 Å². The normalized spacial score (nSPS) is 22.3. The van der Waals surface area contributed by atoms with Crippen LogP contribution in [-0.2, 0) is 4.74 Å². The molecule has 1 aliphatic heterocycles. The highest BCUT2D eigenvalue weighted by molar-refractivity contribution is 6.31. The molecule has 2 nitrogen and oxygen atoms in total. The molecule has 0 unspecified atom stereocenters. The fourth-order valence-electron chi connectivity index (χ4n) is 1.57. The molecule has 1 aromatic rings. The van der Waals surface area contributed by atoms with Gasteiger partial charge in [0.15, 0.2) is 0 Å². The van der Waals surface area contributed by atoms with Crippen molar-refractivity contribution in [1.29, 1.82) is 0 Å². The zero-order chi connectivity index (χ0) is 9.97. The van der Waals surface area contributed by atoms with E-state index >= 15 is 0 Å². The second kappa shape index (κ2) is 4.26. The van der Waals surface area contributed by atoms with Gasteiger partial charge >= 0.3 is 0 Å². The van der Waals surface area contributed by atoms with Crippen LogP contribution in [0.5, 0.6) is 0 Å². The van der Waals surface area contributed by atoms with Crippen LogP contribution in [0, 0.1) is 5.82 Å². The maximum atomic E-state index is 13.4. The minimum absolute atomic E-state index is 0.266.